The van der Waals surface area contributed by atoms with Crippen LogP contribution in [0.4, 0.5) is 0 Å². The normalized spacial score (nSPS) is 13.5. The Kier molecular flexibility index (Phi) is 10.5. The van der Waals surface area contributed by atoms with Gasteiger partial charge in [0, 0.05) is 30.8 Å². The average Bonchev–Trinajstić information content (AvgIpc) is 3.22. The first kappa shape index (κ1) is 34.1. The molecule has 6 aromatic rings. The monoisotopic (exact) mass is 674 g/mol. The maximum absolute atomic E-state index is 4.96. The second-order valence-electron chi connectivity index (χ2n) is 13.0. The molecule has 0 radical (unpaired) electrons. The van der Waals surface area contributed by atoms with E-state index in [1.165, 1.54) is 16.7 Å². The predicted octanol–water partition coefficient (Wildman–Crippen LogP) is 11.6. The van der Waals surface area contributed by atoms with Crippen LogP contribution in [0, 0.1) is 0 Å². The van der Waals surface area contributed by atoms with Gasteiger partial charge in [0.1, 0.15) is 0 Å². The molecule has 0 spiro atoms. The average molecular weight is 675 g/mol. The van der Waals surface area contributed by atoms with Crippen LogP contribution in [0.25, 0.3) is 50.6 Å². The molecular weight excluding hydrogens is 633 g/mol. The summed E-state index contributed by atoms with van der Waals surface area (Å²) < 4.78 is 0. The van der Waals surface area contributed by atoms with Gasteiger partial charge in [0.05, 0.1) is 0 Å². The minimum Gasteiger partial charge on any atom is -0.383 e. The Bertz CT molecular complexity index is 2290. The van der Waals surface area contributed by atoms with Gasteiger partial charge in [0.25, 0.3) is 0 Å². The van der Waals surface area contributed by atoms with Crippen LogP contribution in [0.5, 0.6) is 0 Å². The first-order chi connectivity index (χ1) is 25.6. The molecule has 7 rings (SSSR count). The number of allylic oxidation sites excluding steroid dienone is 8. The summed E-state index contributed by atoms with van der Waals surface area (Å²) in [5, 5.41) is 0. The summed E-state index contributed by atoms with van der Waals surface area (Å²) in [4.78, 5) is 16.9. The van der Waals surface area contributed by atoms with E-state index in [1.807, 2.05) is 30.3 Å². The van der Waals surface area contributed by atoms with Crippen molar-refractivity contribution in [2.45, 2.75) is 19.8 Å². The highest BCUT2D eigenvalue weighted by atomic mass is 15.0. The summed E-state index contributed by atoms with van der Waals surface area (Å²) in [5.74, 6) is 2.04. The number of hydrogen-bond donors (Lipinski definition) is 0. The summed E-state index contributed by atoms with van der Waals surface area (Å²) in [6.45, 7) is 2.11. The fraction of sp³-hybridized carbons (Fsp3) is 0.104. The van der Waals surface area contributed by atoms with Crippen molar-refractivity contribution in [1.29, 1.82) is 0 Å². The van der Waals surface area contributed by atoms with Crippen LogP contribution in [-0.4, -0.2) is 33.9 Å². The third kappa shape index (κ3) is 7.82. The number of benzene rings is 5. The summed E-state index contributed by atoms with van der Waals surface area (Å²) >= 11 is 0. The molecule has 1 aliphatic carbocycles. The maximum Gasteiger partial charge on any atom is 0.164 e. The van der Waals surface area contributed by atoms with Crippen molar-refractivity contribution in [2.24, 2.45) is 0 Å². The molecule has 4 nitrogen and oxygen atoms in total. The lowest BCUT2D eigenvalue weighted by Gasteiger charge is -2.20. The first-order valence-corrected chi connectivity index (χ1v) is 17.8. The molecule has 5 aromatic carbocycles. The van der Waals surface area contributed by atoms with E-state index in [9.17, 15) is 0 Å². The highest BCUT2D eigenvalue weighted by Gasteiger charge is 2.18. The van der Waals surface area contributed by atoms with E-state index in [0.717, 1.165) is 57.4 Å². The van der Waals surface area contributed by atoms with Crippen LogP contribution in [0.1, 0.15) is 42.3 Å². The van der Waals surface area contributed by atoms with Crippen LogP contribution in [0.3, 0.4) is 0 Å². The van der Waals surface area contributed by atoms with Crippen molar-refractivity contribution in [1.82, 2.24) is 19.9 Å². The predicted molar refractivity (Wildman–Crippen MR) is 218 cm³/mol. The van der Waals surface area contributed by atoms with Crippen LogP contribution >= 0.6 is 0 Å². The first-order valence-electron chi connectivity index (χ1n) is 17.8. The maximum atomic E-state index is 4.96. The van der Waals surface area contributed by atoms with Gasteiger partial charge in [0.2, 0.25) is 0 Å². The van der Waals surface area contributed by atoms with Crippen LogP contribution in [0.15, 0.2) is 182 Å². The largest absolute Gasteiger partial charge is 0.383 e. The minimum absolute atomic E-state index is 0.662. The van der Waals surface area contributed by atoms with Gasteiger partial charge in [-0.05, 0) is 82.6 Å². The molecule has 4 heteroatoms. The molecule has 0 saturated heterocycles. The molecule has 1 aliphatic rings. The molecule has 0 aliphatic heterocycles. The molecule has 1 heterocycles. The number of rotatable bonds is 10. The summed E-state index contributed by atoms with van der Waals surface area (Å²) in [6.07, 6.45) is 15.0. The molecule has 0 bridgehead atoms. The van der Waals surface area contributed by atoms with Gasteiger partial charge >= 0.3 is 0 Å². The Hall–Kier alpha value is -6.39. The third-order valence-electron chi connectivity index (χ3n) is 9.08. The lowest BCUT2D eigenvalue weighted by Crippen LogP contribution is -2.03. The van der Waals surface area contributed by atoms with E-state index < -0.39 is 0 Å². The van der Waals surface area contributed by atoms with E-state index >= 15 is 0 Å². The van der Waals surface area contributed by atoms with E-state index in [0.29, 0.717) is 17.5 Å². The molecule has 0 saturated carbocycles. The lowest BCUT2D eigenvalue weighted by atomic mass is 9.84. The van der Waals surface area contributed by atoms with Gasteiger partial charge in [-0.15, -0.1) is 0 Å². The van der Waals surface area contributed by atoms with Gasteiger partial charge < -0.3 is 4.90 Å². The molecule has 0 unspecified atom stereocenters. The Labute approximate surface area is 307 Å². The lowest BCUT2D eigenvalue weighted by molar-refractivity contribution is 0.563. The molecule has 0 fully saturated rings. The Balaban J connectivity index is 1.32. The number of aromatic nitrogens is 3. The fourth-order valence-corrected chi connectivity index (χ4v) is 6.47. The Morgan fingerprint density at radius 2 is 1.12 bits per heavy atom. The van der Waals surface area contributed by atoms with Gasteiger partial charge in [-0.1, -0.05) is 158 Å². The Morgan fingerprint density at radius 1 is 0.558 bits per heavy atom. The minimum atomic E-state index is 0.662. The topological polar surface area (TPSA) is 41.9 Å². The van der Waals surface area contributed by atoms with E-state index in [-0.39, 0.29) is 0 Å². The van der Waals surface area contributed by atoms with Gasteiger partial charge in [-0.25, -0.2) is 15.0 Å². The van der Waals surface area contributed by atoms with Crippen molar-refractivity contribution in [2.75, 3.05) is 14.1 Å². The van der Waals surface area contributed by atoms with Crippen LogP contribution in [-0.2, 0) is 0 Å². The molecule has 0 atom stereocenters. The second kappa shape index (κ2) is 16.1. The van der Waals surface area contributed by atoms with E-state index in [2.05, 4.69) is 172 Å². The van der Waals surface area contributed by atoms with Gasteiger partial charge in [-0.3, -0.25) is 0 Å². The standard InChI is InChI=1S/C48H42N4/c1-4-35(32-33-52(2)3)44(37-18-9-5-10-19-37)45(38-20-11-6-12-21-38)43-27-17-26-42(34-43)36-28-30-41(31-29-36)48-50-46(39-22-13-7-14-23-39)49-47(51-48)40-24-15-8-16-25-40/h4-7,9-15,17-34H,8,16H2,1-3H3/b33-32-,35-4+,45-44+. The summed E-state index contributed by atoms with van der Waals surface area (Å²) in [7, 11) is 4.10. The smallest absolute Gasteiger partial charge is 0.164 e. The van der Waals surface area contributed by atoms with Crippen LogP contribution in [0.2, 0.25) is 0 Å². The molecular formula is C48H42N4. The molecule has 254 valence electrons. The zero-order valence-electron chi connectivity index (χ0n) is 29.9. The van der Waals surface area contributed by atoms with Crippen molar-refractivity contribution in [3.63, 3.8) is 0 Å². The SMILES string of the molecule is C/C=C(\C=C/N(C)C)C(=C(/c1ccccc1)c1cccc(-c2ccc(-c3nc(C4=CCCC=C4)nc(-c4ccccc4)n3)cc2)c1)/c1ccccc1. The van der Waals surface area contributed by atoms with Crippen molar-refractivity contribution < 1.29 is 0 Å². The highest BCUT2D eigenvalue weighted by Crippen LogP contribution is 2.39. The van der Waals surface area contributed by atoms with Gasteiger partial charge in [0.15, 0.2) is 17.5 Å². The zero-order valence-corrected chi connectivity index (χ0v) is 29.9. The highest BCUT2D eigenvalue weighted by molar-refractivity contribution is 6.05. The van der Waals surface area contributed by atoms with Gasteiger partial charge in [-0.2, -0.15) is 0 Å². The fourth-order valence-electron chi connectivity index (χ4n) is 6.47. The molecule has 0 amide bonds. The zero-order chi connectivity index (χ0) is 35.7. The number of nitrogens with zero attached hydrogens (tertiary/aromatic N) is 4. The molecule has 52 heavy (non-hydrogen) atoms. The van der Waals surface area contributed by atoms with Crippen LogP contribution < -0.4 is 0 Å². The summed E-state index contributed by atoms with van der Waals surface area (Å²) in [5.41, 5.74) is 12.2. The third-order valence-corrected chi connectivity index (χ3v) is 9.08. The van der Waals surface area contributed by atoms with E-state index in [1.54, 1.807) is 0 Å². The summed E-state index contributed by atoms with van der Waals surface area (Å²) in [6, 6.07) is 49.0. The Morgan fingerprint density at radius 3 is 1.73 bits per heavy atom. The van der Waals surface area contributed by atoms with Crippen molar-refractivity contribution in [3.8, 4) is 33.9 Å². The van der Waals surface area contributed by atoms with Crippen molar-refractivity contribution >= 4 is 16.7 Å². The quantitative estimate of drug-likeness (QED) is 0.107. The second-order valence-corrected chi connectivity index (χ2v) is 13.0. The molecule has 0 N–H and O–H groups in total. The van der Waals surface area contributed by atoms with E-state index in [4.69, 9.17) is 15.0 Å². The number of hydrogen-bond acceptors (Lipinski definition) is 4. The van der Waals surface area contributed by atoms with Crippen molar-refractivity contribution in [3.05, 3.63) is 204 Å². The molecule has 1 aromatic heterocycles.